The lowest BCUT2D eigenvalue weighted by atomic mass is 9.77. The second kappa shape index (κ2) is 6.40. The number of nitrogens with zero attached hydrogens (tertiary/aromatic N) is 1. The number of carboxylic acid groups (broad SMARTS) is 1. The Bertz CT molecular complexity index is 436. The van der Waals surface area contributed by atoms with E-state index in [4.69, 9.17) is 0 Å². The highest BCUT2D eigenvalue weighted by Gasteiger charge is 2.32. The second-order valence-corrected chi connectivity index (χ2v) is 6.22. The summed E-state index contributed by atoms with van der Waals surface area (Å²) in [7, 11) is 0. The van der Waals surface area contributed by atoms with Gasteiger partial charge in [0, 0.05) is 6.04 Å². The number of hydrogen-bond acceptors (Lipinski definition) is 2. The van der Waals surface area contributed by atoms with Crippen LogP contribution in [0.5, 0.6) is 0 Å². The third-order valence-electron chi connectivity index (χ3n) is 4.85. The Balaban J connectivity index is 2.11. The van der Waals surface area contributed by atoms with Crippen LogP contribution in [0.15, 0.2) is 30.3 Å². The third-order valence-corrected chi connectivity index (χ3v) is 4.85. The molecule has 0 aliphatic carbocycles. The molecule has 1 fully saturated rings. The lowest BCUT2D eigenvalue weighted by molar-refractivity contribution is -0.138. The fourth-order valence-electron chi connectivity index (χ4n) is 3.03. The van der Waals surface area contributed by atoms with Gasteiger partial charge in [0.15, 0.2) is 0 Å². The highest BCUT2D eigenvalue weighted by molar-refractivity contribution is 5.68. The molecule has 1 aliphatic heterocycles. The van der Waals surface area contributed by atoms with E-state index in [1.165, 1.54) is 6.42 Å². The fourth-order valence-corrected chi connectivity index (χ4v) is 3.03. The second-order valence-electron chi connectivity index (χ2n) is 6.22. The van der Waals surface area contributed by atoms with E-state index >= 15 is 0 Å². The van der Waals surface area contributed by atoms with Gasteiger partial charge in [-0.2, -0.15) is 0 Å². The summed E-state index contributed by atoms with van der Waals surface area (Å²) in [5.74, 6) is -0.720. The Morgan fingerprint density at radius 1 is 1.30 bits per heavy atom. The smallest absolute Gasteiger partial charge is 0.305 e. The van der Waals surface area contributed by atoms with E-state index in [1.54, 1.807) is 0 Å². The molecule has 3 heteroatoms. The van der Waals surface area contributed by atoms with Crippen LogP contribution in [-0.4, -0.2) is 29.1 Å². The van der Waals surface area contributed by atoms with Crippen molar-refractivity contribution < 1.29 is 9.90 Å². The van der Waals surface area contributed by atoms with Gasteiger partial charge < -0.3 is 5.11 Å². The average Bonchev–Trinajstić information content (AvgIpc) is 2.47. The molecule has 110 valence electrons. The van der Waals surface area contributed by atoms with E-state index < -0.39 is 5.97 Å². The van der Waals surface area contributed by atoms with E-state index in [9.17, 15) is 9.90 Å². The van der Waals surface area contributed by atoms with Crippen LogP contribution in [0.2, 0.25) is 0 Å². The number of carboxylic acids is 1. The summed E-state index contributed by atoms with van der Waals surface area (Å²) in [4.78, 5) is 13.5. The highest BCUT2D eigenvalue weighted by Crippen LogP contribution is 2.37. The van der Waals surface area contributed by atoms with Gasteiger partial charge in [-0.05, 0) is 36.9 Å². The Labute approximate surface area is 121 Å². The van der Waals surface area contributed by atoms with Crippen molar-refractivity contribution in [2.45, 2.75) is 45.6 Å². The minimum Gasteiger partial charge on any atom is -0.481 e. The predicted octanol–water partition coefficient (Wildman–Crippen LogP) is 3.71. The molecule has 1 aromatic rings. The van der Waals surface area contributed by atoms with E-state index in [0.717, 1.165) is 31.5 Å². The Morgan fingerprint density at radius 2 is 1.90 bits per heavy atom. The van der Waals surface area contributed by atoms with Crippen LogP contribution in [0.3, 0.4) is 0 Å². The van der Waals surface area contributed by atoms with Gasteiger partial charge in [-0.25, -0.2) is 0 Å². The number of likely N-dealkylation sites (tertiary alicyclic amines) is 1. The molecule has 0 bridgehead atoms. The monoisotopic (exact) mass is 275 g/mol. The minimum absolute atomic E-state index is 0.00936. The molecule has 0 amide bonds. The molecule has 1 aliphatic rings. The molecule has 0 spiro atoms. The van der Waals surface area contributed by atoms with Gasteiger partial charge in [-0.15, -0.1) is 0 Å². The standard InChI is InChI=1S/C17H25NO2/c1-3-17(2)9-11-18(12-10-17)15(13-16(19)20)14-7-5-4-6-8-14/h4-8,15H,3,9-13H2,1-2H3,(H,19,20). The van der Waals surface area contributed by atoms with Gasteiger partial charge in [0.05, 0.1) is 6.42 Å². The maximum Gasteiger partial charge on any atom is 0.305 e. The van der Waals surface area contributed by atoms with E-state index in [0.29, 0.717) is 5.41 Å². The van der Waals surface area contributed by atoms with Crippen LogP contribution in [0.25, 0.3) is 0 Å². The number of piperidine rings is 1. The molecule has 0 saturated carbocycles. The molecule has 3 nitrogen and oxygen atoms in total. The molecule has 1 heterocycles. The zero-order valence-corrected chi connectivity index (χ0v) is 12.5. The Morgan fingerprint density at radius 3 is 2.40 bits per heavy atom. The number of benzene rings is 1. The van der Waals surface area contributed by atoms with E-state index in [1.807, 2.05) is 30.3 Å². The topological polar surface area (TPSA) is 40.5 Å². The minimum atomic E-state index is -0.720. The summed E-state index contributed by atoms with van der Waals surface area (Å²) in [5, 5.41) is 9.20. The molecule has 1 atom stereocenters. The van der Waals surface area contributed by atoms with E-state index in [-0.39, 0.29) is 12.5 Å². The van der Waals surface area contributed by atoms with Gasteiger partial charge in [-0.3, -0.25) is 9.69 Å². The summed E-state index contributed by atoms with van der Waals surface area (Å²) in [6.07, 6.45) is 3.71. The highest BCUT2D eigenvalue weighted by atomic mass is 16.4. The molecule has 1 unspecified atom stereocenters. The lowest BCUT2D eigenvalue weighted by Gasteiger charge is -2.42. The van der Waals surface area contributed by atoms with Crippen LogP contribution in [0.1, 0.15) is 51.1 Å². The summed E-state index contributed by atoms with van der Waals surface area (Å²) in [5.41, 5.74) is 1.55. The van der Waals surface area contributed by atoms with Crippen LogP contribution in [-0.2, 0) is 4.79 Å². The van der Waals surface area contributed by atoms with Crippen LogP contribution >= 0.6 is 0 Å². The van der Waals surface area contributed by atoms with Crippen LogP contribution in [0.4, 0.5) is 0 Å². The van der Waals surface area contributed by atoms with Crippen molar-refractivity contribution in [3.8, 4) is 0 Å². The lowest BCUT2D eigenvalue weighted by Crippen LogP contribution is -2.41. The van der Waals surface area contributed by atoms with Gasteiger partial charge in [0.1, 0.15) is 0 Å². The quantitative estimate of drug-likeness (QED) is 0.890. The van der Waals surface area contributed by atoms with Crippen LogP contribution < -0.4 is 0 Å². The molecule has 1 saturated heterocycles. The molecular formula is C17H25NO2. The van der Waals surface area contributed by atoms with Crippen molar-refractivity contribution in [3.63, 3.8) is 0 Å². The van der Waals surface area contributed by atoms with Crippen molar-refractivity contribution in [3.05, 3.63) is 35.9 Å². The first-order valence-corrected chi connectivity index (χ1v) is 7.55. The van der Waals surface area contributed by atoms with Crippen molar-refractivity contribution in [1.82, 2.24) is 4.90 Å². The summed E-state index contributed by atoms with van der Waals surface area (Å²) >= 11 is 0. The number of hydrogen-bond donors (Lipinski definition) is 1. The van der Waals surface area contributed by atoms with Gasteiger partial charge in [-0.1, -0.05) is 50.6 Å². The van der Waals surface area contributed by atoms with Gasteiger partial charge >= 0.3 is 5.97 Å². The van der Waals surface area contributed by atoms with Crippen molar-refractivity contribution in [1.29, 1.82) is 0 Å². The SMILES string of the molecule is CCC1(C)CCN(C(CC(=O)O)c2ccccc2)CC1. The van der Waals surface area contributed by atoms with E-state index in [2.05, 4.69) is 18.7 Å². The third kappa shape index (κ3) is 3.60. The van der Waals surface area contributed by atoms with Crippen molar-refractivity contribution in [2.24, 2.45) is 5.41 Å². The first-order valence-electron chi connectivity index (χ1n) is 7.55. The largest absolute Gasteiger partial charge is 0.481 e. The maximum atomic E-state index is 11.2. The fraction of sp³-hybridized carbons (Fsp3) is 0.588. The molecular weight excluding hydrogens is 250 g/mol. The number of aliphatic carboxylic acids is 1. The first kappa shape index (κ1) is 15.0. The van der Waals surface area contributed by atoms with Crippen molar-refractivity contribution >= 4 is 5.97 Å². The zero-order chi connectivity index (χ0) is 14.6. The average molecular weight is 275 g/mol. The predicted molar refractivity (Wildman–Crippen MR) is 80.6 cm³/mol. The molecule has 0 aromatic heterocycles. The number of rotatable bonds is 5. The summed E-state index contributed by atoms with van der Waals surface area (Å²) < 4.78 is 0. The summed E-state index contributed by atoms with van der Waals surface area (Å²) in [6.45, 7) is 6.59. The van der Waals surface area contributed by atoms with Gasteiger partial charge in [0.25, 0.3) is 0 Å². The van der Waals surface area contributed by atoms with Crippen LogP contribution in [0, 0.1) is 5.41 Å². The molecule has 1 N–H and O–H groups in total. The molecule has 0 radical (unpaired) electrons. The Kier molecular flexibility index (Phi) is 4.81. The first-order chi connectivity index (χ1) is 9.54. The normalized spacial score (nSPS) is 20.5. The van der Waals surface area contributed by atoms with Crippen molar-refractivity contribution in [2.75, 3.05) is 13.1 Å². The zero-order valence-electron chi connectivity index (χ0n) is 12.5. The molecule has 20 heavy (non-hydrogen) atoms. The molecule has 1 aromatic carbocycles. The van der Waals surface area contributed by atoms with Gasteiger partial charge in [0.2, 0.25) is 0 Å². The Hall–Kier alpha value is -1.35. The summed E-state index contributed by atoms with van der Waals surface area (Å²) in [6, 6.07) is 10.1. The maximum absolute atomic E-state index is 11.2. The molecule has 2 rings (SSSR count). The number of carbonyl (C=O) groups is 1.